The van der Waals surface area contributed by atoms with Gasteiger partial charge in [0.1, 0.15) is 22.2 Å². The van der Waals surface area contributed by atoms with E-state index < -0.39 is 7.92 Å². The molecular formula is C72H41N8O2PS. The first-order valence-corrected chi connectivity index (χ1v) is 30.3. The molecule has 0 saturated carbocycles. The average molecular weight is 1110 g/mol. The summed E-state index contributed by atoms with van der Waals surface area (Å²) in [6, 6.07) is 75.1. The Morgan fingerprint density at radius 2 is 0.702 bits per heavy atom. The quantitative estimate of drug-likeness (QED) is 0.149. The Morgan fingerprint density at radius 1 is 0.321 bits per heavy atom. The molecular weight excluding hydrogens is 1070 g/mol. The van der Waals surface area contributed by atoms with E-state index in [2.05, 4.69) is 240 Å². The molecule has 0 aliphatic rings. The molecule has 392 valence electrons. The Labute approximate surface area is 480 Å². The lowest BCUT2D eigenvalue weighted by Crippen LogP contribution is -2.20. The second-order valence-corrected chi connectivity index (χ2v) is 25.1. The van der Waals surface area contributed by atoms with E-state index in [1.807, 2.05) is 48.4 Å². The molecule has 9 aromatic carbocycles. The molecule has 0 fully saturated rings. The zero-order valence-corrected chi connectivity index (χ0v) is 46.1. The van der Waals surface area contributed by atoms with Crippen LogP contribution in [-0.2, 0) is 0 Å². The van der Waals surface area contributed by atoms with Gasteiger partial charge in [-0.3, -0.25) is 8.80 Å². The van der Waals surface area contributed by atoms with Crippen molar-refractivity contribution in [3.63, 3.8) is 0 Å². The van der Waals surface area contributed by atoms with Crippen molar-refractivity contribution in [1.29, 1.82) is 0 Å². The third-order valence-electron chi connectivity index (χ3n) is 17.6. The number of fused-ring (bicyclic) bond motifs is 16. The normalized spacial score (nSPS) is 12.7. The first-order chi connectivity index (χ1) is 41.7. The SMILES string of the molecule is c1ccc(-n2ncc3c2c2cccc4c(Sc5cn6c7cnn(-c8ccccc8)c7c7cccc5c76)cn3c42)cc1.c1ccc(P(c2cn3c4oc5ccccc5c4c4cccc2c43)c2cn3c4oc5ccccc5c4c4cccc2c43)cc1. The standard InChI is InChI=1S/C38H21N2O2P.C34H20N6S/c1-2-10-22(11-3-1)43(31-20-39-35-25(31)14-8-16-27(35)33-23-12-4-6-18-29(23)41-37(33)39)32-21-40-36-26(32)15-9-17-28(36)34-24-13-5-7-19-30(24)42-38(34)40;1-3-9-21(10-4-1)39-33-25-15-7-13-23-29(19-37(31(23)25)27(33)17-35-39)41-30-20-38-28-18-36-40(22-11-5-2-6-12-22)34(28)26-16-8-14-24(30)32(26)38/h1-21H;1-20H. The Bertz CT molecular complexity index is 5800. The lowest BCUT2D eigenvalue weighted by Gasteiger charge is -2.18. The van der Waals surface area contributed by atoms with Gasteiger partial charge in [0.25, 0.3) is 0 Å². The van der Waals surface area contributed by atoms with E-state index >= 15 is 0 Å². The number of para-hydroxylation sites is 8. The molecule has 0 amide bonds. The molecule has 12 heterocycles. The van der Waals surface area contributed by atoms with Crippen LogP contribution >= 0.6 is 19.7 Å². The van der Waals surface area contributed by atoms with Crippen LogP contribution < -0.4 is 15.9 Å². The molecule has 12 aromatic heterocycles. The van der Waals surface area contributed by atoms with Gasteiger partial charge in [-0.1, -0.05) is 188 Å². The van der Waals surface area contributed by atoms with Crippen molar-refractivity contribution in [2.75, 3.05) is 0 Å². The van der Waals surface area contributed by atoms with E-state index in [4.69, 9.17) is 19.0 Å². The topological polar surface area (TPSA) is 79.6 Å². The van der Waals surface area contributed by atoms with E-state index in [0.29, 0.717) is 0 Å². The van der Waals surface area contributed by atoms with Gasteiger partial charge in [-0.25, -0.2) is 9.36 Å². The largest absolute Gasteiger partial charge is 0.439 e. The van der Waals surface area contributed by atoms with Gasteiger partial charge in [-0.15, -0.1) is 0 Å². The van der Waals surface area contributed by atoms with E-state index in [-0.39, 0.29) is 0 Å². The molecule has 0 bridgehead atoms. The summed E-state index contributed by atoms with van der Waals surface area (Å²) in [7, 11) is -0.912. The van der Waals surface area contributed by atoms with E-state index in [1.165, 1.54) is 112 Å². The summed E-state index contributed by atoms with van der Waals surface area (Å²) in [5.74, 6) is 0. The van der Waals surface area contributed by atoms with Crippen molar-refractivity contribution in [1.82, 2.24) is 37.2 Å². The summed E-state index contributed by atoms with van der Waals surface area (Å²) < 4.78 is 26.3. The fourth-order valence-electron chi connectivity index (χ4n) is 14.1. The molecule has 12 heteroatoms. The van der Waals surface area contributed by atoms with Gasteiger partial charge in [0.2, 0.25) is 11.4 Å². The van der Waals surface area contributed by atoms with Crippen LogP contribution in [0.15, 0.2) is 268 Å². The summed E-state index contributed by atoms with van der Waals surface area (Å²) >= 11 is 1.83. The Morgan fingerprint density at radius 3 is 1.18 bits per heavy atom. The Kier molecular flexibility index (Phi) is 8.88. The molecule has 0 aliphatic heterocycles. The number of nitrogens with zero attached hydrogens (tertiary/aromatic N) is 8. The predicted octanol–water partition coefficient (Wildman–Crippen LogP) is 17.1. The van der Waals surface area contributed by atoms with Crippen molar-refractivity contribution in [3.8, 4) is 11.4 Å². The number of benzene rings is 9. The van der Waals surface area contributed by atoms with Gasteiger partial charge in [-0.05, 0) is 49.6 Å². The fraction of sp³-hybridized carbons (Fsp3) is 0. The zero-order chi connectivity index (χ0) is 54.5. The Hall–Kier alpha value is -10.6. The van der Waals surface area contributed by atoms with Crippen molar-refractivity contribution in [2.24, 2.45) is 0 Å². The van der Waals surface area contributed by atoms with Crippen molar-refractivity contribution in [2.45, 2.75) is 9.79 Å². The average Bonchev–Trinajstić information content (AvgIpc) is 1.87. The minimum absolute atomic E-state index is 0.912. The minimum atomic E-state index is -0.912. The minimum Gasteiger partial charge on any atom is -0.439 e. The van der Waals surface area contributed by atoms with E-state index in [9.17, 15) is 0 Å². The zero-order valence-electron chi connectivity index (χ0n) is 44.4. The van der Waals surface area contributed by atoms with Gasteiger partial charge in [0, 0.05) is 99.0 Å². The van der Waals surface area contributed by atoms with Crippen LogP contribution in [0.3, 0.4) is 0 Å². The summed E-state index contributed by atoms with van der Waals surface area (Å²) in [5, 5.41) is 28.2. The summed E-state index contributed by atoms with van der Waals surface area (Å²) in [6.07, 6.45) is 13.2. The number of furan rings is 2. The third-order valence-corrected chi connectivity index (χ3v) is 21.1. The van der Waals surface area contributed by atoms with Crippen LogP contribution in [0.4, 0.5) is 0 Å². The lowest BCUT2D eigenvalue weighted by molar-refractivity contribution is 0.649. The fourth-order valence-corrected chi connectivity index (χ4v) is 17.8. The maximum absolute atomic E-state index is 6.51. The van der Waals surface area contributed by atoms with Crippen molar-refractivity contribution < 1.29 is 8.83 Å². The molecule has 84 heavy (non-hydrogen) atoms. The lowest BCUT2D eigenvalue weighted by atomic mass is 10.1. The van der Waals surface area contributed by atoms with Crippen molar-refractivity contribution in [3.05, 3.63) is 250 Å². The maximum atomic E-state index is 6.51. The number of aromatic nitrogens is 8. The van der Waals surface area contributed by atoms with Crippen LogP contribution in [0.2, 0.25) is 0 Å². The van der Waals surface area contributed by atoms with E-state index in [0.717, 1.165) is 56.0 Å². The van der Waals surface area contributed by atoms with Crippen LogP contribution in [-0.4, -0.2) is 37.2 Å². The monoisotopic (exact) mass is 1110 g/mol. The highest BCUT2D eigenvalue weighted by atomic mass is 32.2. The highest BCUT2D eigenvalue weighted by molar-refractivity contribution is 7.99. The number of hydrogen-bond acceptors (Lipinski definition) is 5. The molecule has 0 unspecified atom stereocenters. The van der Waals surface area contributed by atoms with Crippen molar-refractivity contribution >= 4 is 167 Å². The summed E-state index contributed by atoms with van der Waals surface area (Å²) in [6.45, 7) is 0. The van der Waals surface area contributed by atoms with Gasteiger partial charge >= 0.3 is 0 Å². The number of rotatable bonds is 7. The van der Waals surface area contributed by atoms with E-state index in [1.54, 1.807) is 0 Å². The third kappa shape index (κ3) is 5.88. The summed E-state index contributed by atoms with van der Waals surface area (Å²) in [5.41, 5.74) is 15.3. The molecule has 0 N–H and O–H groups in total. The second kappa shape index (κ2) is 16.5. The second-order valence-electron chi connectivity index (χ2n) is 21.9. The van der Waals surface area contributed by atoms with Gasteiger partial charge < -0.3 is 17.6 Å². The van der Waals surface area contributed by atoms with Gasteiger partial charge in [-0.2, -0.15) is 10.2 Å². The van der Waals surface area contributed by atoms with Crippen LogP contribution in [0, 0.1) is 0 Å². The molecule has 0 radical (unpaired) electrons. The molecule has 0 atom stereocenters. The number of hydrogen-bond donors (Lipinski definition) is 0. The molecule has 10 nitrogen and oxygen atoms in total. The molecule has 0 spiro atoms. The van der Waals surface area contributed by atoms with Crippen LogP contribution in [0.25, 0.3) is 143 Å². The van der Waals surface area contributed by atoms with Gasteiger partial charge in [0.15, 0.2) is 0 Å². The van der Waals surface area contributed by atoms with Crippen LogP contribution in [0.5, 0.6) is 0 Å². The smallest absolute Gasteiger partial charge is 0.213 e. The molecule has 0 aliphatic carbocycles. The predicted molar refractivity (Wildman–Crippen MR) is 345 cm³/mol. The molecule has 21 aromatic rings. The molecule has 21 rings (SSSR count). The maximum Gasteiger partial charge on any atom is 0.213 e. The van der Waals surface area contributed by atoms with Gasteiger partial charge in [0.05, 0.1) is 67.6 Å². The first kappa shape index (κ1) is 45.1. The first-order valence-electron chi connectivity index (χ1n) is 28.1. The Balaban J connectivity index is 0.000000120. The summed E-state index contributed by atoms with van der Waals surface area (Å²) in [4.78, 5) is 2.48. The van der Waals surface area contributed by atoms with Crippen LogP contribution in [0.1, 0.15) is 0 Å². The molecule has 0 saturated heterocycles. The highest BCUT2D eigenvalue weighted by Gasteiger charge is 2.31. The highest BCUT2D eigenvalue weighted by Crippen LogP contribution is 2.49.